The molecule has 0 N–H and O–H groups in total. The van der Waals surface area contributed by atoms with E-state index in [1.54, 1.807) is 6.92 Å². The maximum atomic E-state index is 13.9. The highest BCUT2D eigenvalue weighted by atomic mass is 16.7. The molecule has 0 spiro atoms. The van der Waals surface area contributed by atoms with E-state index in [4.69, 9.17) is 23.7 Å². The number of carbonyl (C=O) groups excluding carboxylic acids is 2. The van der Waals surface area contributed by atoms with Crippen LogP contribution in [0.5, 0.6) is 23.0 Å². The fraction of sp³-hybridized carbons (Fsp3) is 0.448. The van der Waals surface area contributed by atoms with Crippen LogP contribution in [0.15, 0.2) is 42.5 Å². The first-order chi connectivity index (χ1) is 18.1. The number of ether oxygens (including phenoxy) is 5. The van der Waals surface area contributed by atoms with Gasteiger partial charge in [-0.05, 0) is 61.6 Å². The van der Waals surface area contributed by atoms with Crippen LogP contribution in [0, 0.1) is 17.8 Å². The van der Waals surface area contributed by atoms with Gasteiger partial charge < -0.3 is 28.6 Å². The van der Waals surface area contributed by atoms with E-state index in [-0.39, 0.29) is 49.8 Å². The molecule has 1 amide bonds. The molecule has 8 nitrogen and oxygen atoms in total. The Morgan fingerprint density at radius 1 is 0.892 bits per heavy atom. The maximum absolute atomic E-state index is 13.9. The zero-order valence-electron chi connectivity index (χ0n) is 20.9. The van der Waals surface area contributed by atoms with Gasteiger partial charge in [-0.25, -0.2) is 0 Å². The zero-order valence-corrected chi connectivity index (χ0v) is 20.9. The third kappa shape index (κ3) is 4.38. The molecular formula is C29H31NO7. The largest absolute Gasteiger partial charge is 0.466 e. The maximum Gasteiger partial charge on any atom is 0.310 e. The van der Waals surface area contributed by atoms with Gasteiger partial charge in [-0.3, -0.25) is 9.59 Å². The number of piperidine rings is 1. The first-order valence-electron chi connectivity index (χ1n) is 13.1. The molecule has 3 heterocycles. The highest BCUT2D eigenvalue weighted by molar-refractivity contribution is 5.87. The summed E-state index contributed by atoms with van der Waals surface area (Å²) >= 11 is 0. The molecule has 3 aliphatic heterocycles. The van der Waals surface area contributed by atoms with Crippen LogP contribution in [0.1, 0.15) is 43.2 Å². The lowest BCUT2D eigenvalue weighted by Gasteiger charge is -2.50. The molecule has 0 aromatic heterocycles. The van der Waals surface area contributed by atoms with Crippen molar-refractivity contribution in [2.75, 3.05) is 33.3 Å². The van der Waals surface area contributed by atoms with Crippen molar-refractivity contribution >= 4 is 18.0 Å². The number of nitrogens with zero attached hydrogens (tertiary/aromatic N) is 1. The van der Waals surface area contributed by atoms with Crippen molar-refractivity contribution < 1.29 is 33.3 Å². The van der Waals surface area contributed by atoms with Gasteiger partial charge in [-0.15, -0.1) is 0 Å². The van der Waals surface area contributed by atoms with E-state index < -0.39 is 5.92 Å². The van der Waals surface area contributed by atoms with E-state index in [2.05, 4.69) is 0 Å². The van der Waals surface area contributed by atoms with Crippen LogP contribution in [0.4, 0.5) is 0 Å². The molecule has 1 saturated heterocycles. The van der Waals surface area contributed by atoms with Gasteiger partial charge in [0.2, 0.25) is 19.5 Å². The molecule has 194 valence electrons. The van der Waals surface area contributed by atoms with Gasteiger partial charge in [0, 0.05) is 24.9 Å². The molecule has 6 rings (SSSR count). The van der Waals surface area contributed by atoms with Crippen LogP contribution < -0.4 is 18.9 Å². The lowest BCUT2D eigenvalue weighted by atomic mass is 9.53. The summed E-state index contributed by atoms with van der Waals surface area (Å²) < 4.78 is 27.6. The van der Waals surface area contributed by atoms with Gasteiger partial charge in [-0.2, -0.15) is 0 Å². The molecule has 0 radical (unpaired) electrons. The molecule has 2 fully saturated rings. The molecule has 1 aliphatic carbocycles. The van der Waals surface area contributed by atoms with Crippen LogP contribution >= 0.6 is 0 Å². The lowest BCUT2D eigenvalue weighted by molar-refractivity contribution is -0.163. The van der Waals surface area contributed by atoms with Gasteiger partial charge >= 0.3 is 5.97 Å². The van der Waals surface area contributed by atoms with Crippen molar-refractivity contribution in [1.29, 1.82) is 0 Å². The van der Waals surface area contributed by atoms with Gasteiger partial charge in [-0.1, -0.05) is 24.3 Å². The Balaban J connectivity index is 1.36. The van der Waals surface area contributed by atoms with Crippen molar-refractivity contribution in [3.63, 3.8) is 0 Å². The van der Waals surface area contributed by atoms with E-state index in [0.29, 0.717) is 23.0 Å². The molecule has 2 aromatic carbocycles. The van der Waals surface area contributed by atoms with Crippen molar-refractivity contribution in [2.24, 2.45) is 17.8 Å². The minimum Gasteiger partial charge on any atom is -0.466 e. The summed E-state index contributed by atoms with van der Waals surface area (Å²) in [6, 6.07) is 11.4. The standard InChI is InChI=1S/C29H31NO7/c1-2-33-29(32)27-20(9-6-18-7-10-21-23(14-18)36-16-34-21)26(28(31)30-12-4-3-5-13-30)25(27)19-8-11-22-24(15-19)37-17-35-22/h6-11,14-15,20,25-27H,2-5,12-13,16-17H2,1H3/b9-6+/t20-,25+,26-,27+/m1/s1. The van der Waals surface area contributed by atoms with Gasteiger partial charge in [0.1, 0.15) is 0 Å². The third-order valence-electron chi connectivity index (χ3n) is 7.80. The second-order valence-corrected chi connectivity index (χ2v) is 9.88. The van der Waals surface area contributed by atoms with Crippen LogP contribution in [0.25, 0.3) is 6.08 Å². The first kappa shape index (κ1) is 23.7. The third-order valence-corrected chi connectivity index (χ3v) is 7.80. The summed E-state index contributed by atoms with van der Waals surface area (Å²) in [5.74, 6) is 1.07. The van der Waals surface area contributed by atoms with Crippen LogP contribution in [-0.4, -0.2) is 50.1 Å². The lowest BCUT2D eigenvalue weighted by Crippen LogP contribution is -2.56. The fourth-order valence-corrected chi connectivity index (χ4v) is 5.98. The Morgan fingerprint density at radius 2 is 1.57 bits per heavy atom. The van der Waals surface area contributed by atoms with E-state index in [9.17, 15) is 9.59 Å². The number of allylic oxidation sites excluding steroid dienone is 1. The SMILES string of the molecule is CCOC(=O)[C@H]1[C@H](/C=C/c2ccc3c(c2)OCO3)[C@@H](C(=O)N2CCCCC2)[C@@H]1c1ccc2c(c1)OCO2. The van der Waals surface area contributed by atoms with Crippen molar-refractivity contribution in [1.82, 2.24) is 4.90 Å². The van der Waals surface area contributed by atoms with Gasteiger partial charge in [0.25, 0.3) is 0 Å². The summed E-state index contributed by atoms with van der Waals surface area (Å²) in [4.78, 5) is 29.2. The van der Waals surface area contributed by atoms with Crippen LogP contribution in [0.3, 0.4) is 0 Å². The number of benzene rings is 2. The van der Waals surface area contributed by atoms with E-state index in [0.717, 1.165) is 43.5 Å². The fourth-order valence-electron chi connectivity index (χ4n) is 5.98. The van der Waals surface area contributed by atoms with Crippen LogP contribution in [-0.2, 0) is 14.3 Å². The minimum atomic E-state index is -0.482. The number of hydrogen-bond acceptors (Lipinski definition) is 7. The molecule has 0 bridgehead atoms. The average Bonchev–Trinajstić information content (AvgIpc) is 3.57. The summed E-state index contributed by atoms with van der Waals surface area (Å²) in [6.07, 6.45) is 7.11. The molecule has 37 heavy (non-hydrogen) atoms. The number of likely N-dealkylation sites (tertiary alicyclic amines) is 1. The molecule has 4 atom stereocenters. The number of fused-ring (bicyclic) bond motifs is 2. The summed E-state index contributed by atoms with van der Waals surface area (Å²) in [6.45, 7) is 3.98. The number of esters is 1. The number of amides is 1. The molecule has 8 heteroatoms. The molecule has 2 aromatic rings. The van der Waals surface area contributed by atoms with Crippen LogP contribution in [0.2, 0.25) is 0 Å². The second-order valence-electron chi connectivity index (χ2n) is 9.88. The predicted octanol–water partition coefficient (Wildman–Crippen LogP) is 4.38. The Hall–Kier alpha value is -3.68. The normalized spacial score (nSPS) is 25.7. The Kier molecular flexibility index (Phi) is 6.40. The molecule has 1 saturated carbocycles. The van der Waals surface area contributed by atoms with Crippen molar-refractivity contribution in [2.45, 2.75) is 32.1 Å². The summed E-state index contributed by atoms with van der Waals surface area (Å²) in [5.41, 5.74) is 1.81. The highest BCUT2D eigenvalue weighted by Crippen LogP contribution is 2.56. The number of hydrogen-bond donors (Lipinski definition) is 0. The van der Waals surface area contributed by atoms with Gasteiger partial charge in [0.15, 0.2) is 23.0 Å². The smallest absolute Gasteiger partial charge is 0.310 e. The average molecular weight is 506 g/mol. The Bertz CT molecular complexity index is 1220. The topological polar surface area (TPSA) is 83.5 Å². The van der Waals surface area contributed by atoms with E-state index in [1.807, 2.05) is 53.5 Å². The van der Waals surface area contributed by atoms with E-state index in [1.165, 1.54) is 0 Å². The summed E-state index contributed by atoms with van der Waals surface area (Å²) in [7, 11) is 0. The van der Waals surface area contributed by atoms with Crippen molar-refractivity contribution in [3.8, 4) is 23.0 Å². The summed E-state index contributed by atoms with van der Waals surface area (Å²) in [5, 5.41) is 0. The quantitative estimate of drug-likeness (QED) is 0.539. The molecule has 0 unspecified atom stereocenters. The van der Waals surface area contributed by atoms with Gasteiger partial charge in [0.05, 0.1) is 18.4 Å². The Labute approximate surface area is 216 Å². The second kappa shape index (κ2) is 10.00. The van der Waals surface area contributed by atoms with E-state index >= 15 is 0 Å². The Morgan fingerprint density at radius 3 is 2.30 bits per heavy atom. The molecular weight excluding hydrogens is 474 g/mol. The minimum absolute atomic E-state index is 0.100. The highest BCUT2D eigenvalue weighted by Gasteiger charge is 2.58. The predicted molar refractivity (Wildman–Crippen MR) is 134 cm³/mol. The molecule has 4 aliphatic rings. The number of rotatable bonds is 6. The first-order valence-corrected chi connectivity index (χ1v) is 13.1. The number of carbonyl (C=O) groups is 2. The zero-order chi connectivity index (χ0) is 25.4. The monoisotopic (exact) mass is 505 g/mol. The van der Waals surface area contributed by atoms with Crippen molar-refractivity contribution in [3.05, 3.63) is 53.6 Å².